The van der Waals surface area contributed by atoms with E-state index in [1.165, 1.54) is 6.42 Å². The number of aliphatic hydroxyl groups is 1. The number of rotatable bonds is 3. The van der Waals surface area contributed by atoms with Crippen LogP contribution in [-0.2, 0) is 6.61 Å². The van der Waals surface area contributed by atoms with Crippen LogP contribution >= 0.6 is 23.4 Å². The van der Waals surface area contributed by atoms with Crippen LogP contribution in [0.15, 0.2) is 12.1 Å². The predicted molar refractivity (Wildman–Crippen MR) is 73.9 cm³/mol. The monoisotopic (exact) mass is 272 g/mol. The first kappa shape index (κ1) is 13.0. The Morgan fingerprint density at radius 2 is 2.41 bits per heavy atom. The van der Waals surface area contributed by atoms with Crippen LogP contribution in [0.25, 0.3) is 0 Å². The Kier molecular flexibility index (Phi) is 4.54. The maximum absolute atomic E-state index is 9.17. The summed E-state index contributed by atoms with van der Waals surface area (Å²) in [5.41, 5.74) is 0.565. The Morgan fingerprint density at radius 3 is 3.12 bits per heavy atom. The number of halogens is 1. The Morgan fingerprint density at radius 1 is 1.59 bits per heavy atom. The van der Waals surface area contributed by atoms with Crippen LogP contribution in [-0.4, -0.2) is 34.2 Å². The fraction of sp³-hybridized carbons (Fsp3) is 0.583. The maximum Gasteiger partial charge on any atom is 0.129 e. The number of aliphatic hydroxyl groups excluding tert-OH is 1. The minimum absolute atomic E-state index is 0.105. The van der Waals surface area contributed by atoms with Crippen LogP contribution in [0.1, 0.15) is 19.0 Å². The van der Waals surface area contributed by atoms with Crippen molar-refractivity contribution in [2.24, 2.45) is 0 Å². The quantitative estimate of drug-likeness (QED) is 0.918. The highest BCUT2D eigenvalue weighted by Gasteiger charge is 2.20. The van der Waals surface area contributed by atoms with E-state index < -0.39 is 0 Å². The lowest BCUT2D eigenvalue weighted by molar-refractivity contribution is 0.277. The standard InChI is InChI=1S/C12H17ClN2OS/c1-2-9-7-15(5-6-17-9)12-4-3-10(13)11(8-16)14-12/h3-4,9,16H,2,5-8H2,1H3. The van der Waals surface area contributed by atoms with Gasteiger partial charge >= 0.3 is 0 Å². The summed E-state index contributed by atoms with van der Waals surface area (Å²) in [7, 11) is 0. The molecular formula is C12H17ClN2OS. The highest BCUT2D eigenvalue weighted by molar-refractivity contribution is 8.00. The lowest BCUT2D eigenvalue weighted by Gasteiger charge is -2.33. The second-order valence-corrected chi connectivity index (χ2v) is 5.92. The van der Waals surface area contributed by atoms with Gasteiger partial charge < -0.3 is 10.0 Å². The minimum Gasteiger partial charge on any atom is -0.390 e. The average Bonchev–Trinajstić information content (AvgIpc) is 2.39. The Bertz CT molecular complexity index is 389. The summed E-state index contributed by atoms with van der Waals surface area (Å²) >= 11 is 7.98. The number of hydrogen-bond acceptors (Lipinski definition) is 4. The molecule has 0 radical (unpaired) electrons. The summed E-state index contributed by atoms with van der Waals surface area (Å²) in [6, 6.07) is 3.75. The number of pyridine rings is 1. The van der Waals surface area contributed by atoms with Gasteiger partial charge in [0.25, 0.3) is 0 Å². The van der Waals surface area contributed by atoms with E-state index in [1.807, 2.05) is 23.9 Å². The van der Waals surface area contributed by atoms with Gasteiger partial charge in [0.1, 0.15) is 5.82 Å². The fourth-order valence-corrected chi connectivity index (χ4v) is 3.28. The van der Waals surface area contributed by atoms with Crippen molar-refractivity contribution >= 4 is 29.2 Å². The molecule has 1 N–H and O–H groups in total. The normalized spacial score (nSPS) is 20.6. The first-order chi connectivity index (χ1) is 8.24. The number of hydrogen-bond donors (Lipinski definition) is 1. The first-order valence-electron chi connectivity index (χ1n) is 5.87. The highest BCUT2D eigenvalue weighted by Crippen LogP contribution is 2.26. The van der Waals surface area contributed by atoms with Gasteiger partial charge in [-0.1, -0.05) is 18.5 Å². The average molecular weight is 273 g/mol. The zero-order valence-corrected chi connectivity index (χ0v) is 11.5. The van der Waals surface area contributed by atoms with Gasteiger partial charge in [-0.15, -0.1) is 0 Å². The molecule has 17 heavy (non-hydrogen) atoms. The molecule has 1 unspecified atom stereocenters. The summed E-state index contributed by atoms with van der Waals surface area (Å²) in [6.07, 6.45) is 1.18. The van der Waals surface area contributed by atoms with Crippen molar-refractivity contribution in [3.63, 3.8) is 0 Å². The van der Waals surface area contributed by atoms with E-state index >= 15 is 0 Å². The van der Waals surface area contributed by atoms with Crippen molar-refractivity contribution in [3.8, 4) is 0 Å². The van der Waals surface area contributed by atoms with Crippen molar-refractivity contribution in [3.05, 3.63) is 22.8 Å². The first-order valence-corrected chi connectivity index (χ1v) is 7.30. The molecule has 5 heteroatoms. The highest BCUT2D eigenvalue weighted by atomic mass is 35.5. The molecule has 2 heterocycles. The molecule has 0 bridgehead atoms. The van der Waals surface area contributed by atoms with Crippen molar-refractivity contribution in [2.45, 2.75) is 25.2 Å². The molecule has 1 saturated heterocycles. The van der Waals surface area contributed by atoms with Crippen LogP contribution in [0.3, 0.4) is 0 Å². The number of aromatic nitrogens is 1. The van der Waals surface area contributed by atoms with E-state index in [0.29, 0.717) is 16.0 Å². The molecule has 1 aliphatic rings. The molecule has 1 atom stereocenters. The van der Waals surface area contributed by atoms with E-state index in [0.717, 1.165) is 24.7 Å². The molecule has 0 spiro atoms. The van der Waals surface area contributed by atoms with Gasteiger partial charge in [0.15, 0.2) is 0 Å². The van der Waals surface area contributed by atoms with E-state index in [2.05, 4.69) is 16.8 Å². The smallest absolute Gasteiger partial charge is 0.129 e. The van der Waals surface area contributed by atoms with Crippen molar-refractivity contribution in [2.75, 3.05) is 23.7 Å². The van der Waals surface area contributed by atoms with Crippen LogP contribution in [0.4, 0.5) is 5.82 Å². The number of anilines is 1. The summed E-state index contributed by atoms with van der Waals surface area (Å²) in [5.74, 6) is 2.06. The summed E-state index contributed by atoms with van der Waals surface area (Å²) in [5, 5.41) is 10.4. The largest absolute Gasteiger partial charge is 0.390 e. The fourth-order valence-electron chi connectivity index (χ4n) is 1.93. The molecule has 0 saturated carbocycles. The molecule has 1 aromatic heterocycles. The Hall–Kier alpha value is -0.450. The predicted octanol–water partition coefficient (Wildman–Crippen LogP) is 2.56. The molecule has 1 aliphatic heterocycles. The molecule has 94 valence electrons. The zero-order chi connectivity index (χ0) is 12.3. The van der Waals surface area contributed by atoms with Crippen LogP contribution < -0.4 is 4.90 Å². The van der Waals surface area contributed by atoms with Gasteiger partial charge in [0.2, 0.25) is 0 Å². The van der Waals surface area contributed by atoms with Crippen LogP contribution in [0.5, 0.6) is 0 Å². The summed E-state index contributed by atoms with van der Waals surface area (Å²) < 4.78 is 0. The van der Waals surface area contributed by atoms with Gasteiger partial charge in [0, 0.05) is 24.1 Å². The summed E-state index contributed by atoms with van der Waals surface area (Å²) in [4.78, 5) is 6.70. The van der Waals surface area contributed by atoms with Gasteiger partial charge in [-0.05, 0) is 18.6 Å². The third kappa shape index (κ3) is 3.06. The third-order valence-corrected chi connectivity index (χ3v) is 4.69. The van der Waals surface area contributed by atoms with Gasteiger partial charge in [0.05, 0.1) is 17.3 Å². The van der Waals surface area contributed by atoms with Crippen molar-refractivity contribution < 1.29 is 5.11 Å². The Balaban J connectivity index is 2.16. The lowest BCUT2D eigenvalue weighted by atomic mass is 10.2. The second-order valence-electron chi connectivity index (χ2n) is 4.10. The SMILES string of the molecule is CCC1CN(c2ccc(Cl)c(CO)n2)CCS1. The van der Waals surface area contributed by atoms with E-state index in [-0.39, 0.29) is 6.61 Å². The molecule has 1 fully saturated rings. The van der Waals surface area contributed by atoms with Crippen LogP contribution in [0, 0.1) is 0 Å². The van der Waals surface area contributed by atoms with Gasteiger partial charge in [-0.2, -0.15) is 11.8 Å². The summed E-state index contributed by atoms with van der Waals surface area (Å²) in [6.45, 7) is 4.16. The van der Waals surface area contributed by atoms with E-state index in [4.69, 9.17) is 16.7 Å². The number of thioether (sulfide) groups is 1. The topological polar surface area (TPSA) is 36.4 Å². The molecule has 3 nitrogen and oxygen atoms in total. The number of nitrogens with zero attached hydrogens (tertiary/aromatic N) is 2. The van der Waals surface area contributed by atoms with E-state index in [9.17, 15) is 0 Å². The minimum atomic E-state index is -0.105. The molecule has 2 rings (SSSR count). The molecular weight excluding hydrogens is 256 g/mol. The van der Waals surface area contributed by atoms with Crippen molar-refractivity contribution in [1.29, 1.82) is 0 Å². The molecule has 0 aliphatic carbocycles. The molecule has 1 aromatic rings. The lowest BCUT2D eigenvalue weighted by Crippen LogP contribution is -2.38. The zero-order valence-electron chi connectivity index (χ0n) is 9.90. The third-order valence-electron chi connectivity index (χ3n) is 2.97. The second kappa shape index (κ2) is 5.94. The van der Waals surface area contributed by atoms with Crippen molar-refractivity contribution in [1.82, 2.24) is 4.98 Å². The maximum atomic E-state index is 9.17. The molecule has 0 amide bonds. The van der Waals surface area contributed by atoms with Crippen LogP contribution in [0.2, 0.25) is 5.02 Å². The van der Waals surface area contributed by atoms with Gasteiger partial charge in [-0.3, -0.25) is 0 Å². The van der Waals surface area contributed by atoms with E-state index in [1.54, 1.807) is 0 Å². The van der Waals surface area contributed by atoms with Gasteiger partial charge in [-0.25, -0.2) is 4.98 Å². The Labute approximate surface area is 111 Å². The molecule has 0 aromatic carbocycles.